The minimum absolute atomic E-state index is 0.0179. The van der Waals surface area contributed by atoms with Crippen LogP contribution in [-0.2, 0) is 12.5 Å². The maximum Gasteiger partial charge on any atom is 0.432 e. The lowest BCUT2D eigenvalue weighted by atomic mass is 9.97. The van der Waals surface area contributed by atoms with Crippen LogP contribution in [0.4, 0.5) is 50.2 Å². The molecule has 0 spiro atoms. The molecule has 5 aromatic rings. The van der Waals surface area contributed by atoms with Crippen LogP contribution in [0.25, 0.3) is 33.4 Å². The van der Waals surface area contributed by atoms with E-state index in [4.69, 9.17) is 0 Å². The van der Waals surface area contributed by atoms with Gasteiger partial charge in [0.1, 0.15) is 45.3 Å². The number of halogens is 12. The molecular weight excluding hydrogens is 708 g/mol. The van der Waals surface area contributed by atoms with Gasteiger partial charge in [0.2, 0.25) is 0 Å². The topological polar surface area (TPSA) is 9.23 Å². The minimum Gasteiger partial charge on any atom is -0.429 e. The van der Waals surface area contributed by atoms with Gasteiger partial charge in [0.15, 0.2) is 0 Å². The van der Waals surface area contributed by atoms with E-state index < -0.39 is 78.3 Å². The summed E-state index contributed by atoms with van der Waals surface area (Å²) in [7, 11) is -10.4. The van der Waals surface area contributed by atoms with Gasteiger partial charge >= 0.3 is 16.3 Å². The number of aryl methyl sites for hydroxylation is 1. The number of benzene rings is 5. The van der Waals surface area contributed by atoms with E-state index in [1.165, 1.54) is 12.1 Å². The Kier molecular flexibility index (Phi) is 9.26. The molecule has 5 aromatic carbocycles. The van der Waals surface area contributed by atoms with Crippen molar-refractivity contribution in [3.05, 3.63) is 131 Å². The van der Waals surface area contributed by atoms with E-state index in [0.29, 0.717) is 41.5 Å². The molecule has 0 radical (unpaired) electrons. The Bertz CT molecular complexity index is 2040. The second kappa shape index (κ2) is 12.6. The fourth-order valence-corrected chi connectivity index (χ4v) is 6.10. The molecule has 0 amide bonds. The molecule has 0 fully saturated rings. The average Bonchev–Trinajstić information content (AvgIpc) is 2.99. The largest absolute Gasteiger partial charge is 0.432 e. The number of hydrogen-bond acceptors (Lipinski definition) is 1. The molecule has 50 heavy (non-hydrogen) atoms. The summed E-state index contributed by atoms with van der Waals surface area (Å²) in [5.41, 5.74) is -1.69. The molecule has 14 heteroatoms. The first kappa shape index (κ1) is 36.7. The van der Waals surface area contributed by atoms with Crippen molar-refractivity contribution in [1.82, 2.24) is 0 Å². The Balaban J connectivity index is 1.35. The summed E-state index contributed by atoms with van der Waals surface area (Å²) in [6, 6.07) is 13.8. The predicted molar refractivity (Wildman–Crippen MR) is 168 cm³/mol. The Labute approximate surface area is 278 Å². The molecular formula is C36H26F12OS. The average molecular weight is 735 g/mol. The summed E-state index contributed by atoms with van der Waals surface area (Å²) in [5, 5.41) is 0. The van der Waals surface area contributed by atoms with Gasteiger partial charge in [-0.1, -0.05) is 81.7 Å². The lowest BCUT2D eigenvalue weighted by Crippen LogP contribution is -2.25. The second-order valence-electron chi connectivity index (χ2n) is 11.5. The van der Waals surface area contributed by atoms with Gasteiger partial charge in [-0.25, -0.2) is 22.0 Å². The normalized spacial score (nSPS) is 13.5. The summed E-state index contributed by atoms with van der Waals surface area (Å²) in [5.74, 6) is -9.44. The number of unbranched alkanes of at least 4 members (excludes halogenated alkanes) is 2. The van der Waals surface area contributed by atoms with Gasteiger partial charge in [-0.05, 0) is 83.1 Å². The Morgan fingerprint density at radius 1 is 0.540 bits per heavy atom. The third-order valence-electron chi connectivity index (χ3n) is 7.81. The number of rotatable bonds is 11. The van der Waals surface area contributed by atoms with E-state index in [1.54, 1.807) is 0 Å². The Hall–Kier alpha value is -4.59. The Morgan fingerprint density at radius 3 is 1.62 bits per heavy atom. The molecule has 266 valence electrons. The maximum absolute atomic E-state index is 15.2. The van der Waals surface area contributed by atoms with Crippen LogP contribution in [0.15, 0.2) is 95.9 Å². The molecule has 0 saturated heterocycles. The van der Waals surface area contributed by atoms with E-state index >= 15 is 22.0 Å². The maximum atomic E-state index is 15.2. The lowest BCUT2D eigenvalue weighted by molar-refractivity contribution is -0.189. The molecule has 0 aliphatic carbocycles. The van der Waals surface area contributed by atoms with Crippen molar-refractivity contribution in [2.45, 2.75) is 43.6 Å². The highest BCUT2D eigenvalue weighted by atomic mass is 32.5. The van der Waals surface area contributed by atoms with E-state index in [0.717, 1.165) is 37.3 Å². The van der Waals surface area contributed by atoms with Gasteiger partial charge in [-0.15, -0.1) is 0 Å². The molecule has 0 aliphatic heterocycles. The zero-order valence-electron chi connectivity index (χ0n) is 25.8. The minimum atomic E-state index is -10.4. The molecule has 0 atom stereocenters. The van der Waals surface area contributed by atoms with Crippen molar-refractivity contribution in [2.24, 2.45) is 0 Å². The number of ether oxygens (including phenoxy) is 1. The summed E-state index contributed by atoms with van der Waals surface area (Å²) in [6.45, 7) is 2.10. The molecule has 0 unspecified atom stereocenters. The molecule has 1 nitrogen and oxygen atoms in total. The highest BCUT2D eigenvalue weighted by Gasteiger charge is 2.67. The second-order valence-corrected chi connectivity index (χ2v) is 13.9. The van der Waals surface area contributed by atoms with Crippen LogP contribution >= 0.6 is 10.2 Å². The van der Waals surface area contributed by atoms with Crippen LogP contribution in [0.3, 0.4) is 0 Å². The first-order chi connectivity index (χ1) is 23.2. The van der Waals surface area contributed by atoms with Crippen LogP contribution < -0.4 is 4.74 Å². The zero-order chi connectivity index (χ0) is 36.7. The molecule has 0 bridgehead atoms. The van der Waals surface area contributed by atoms with Crippen molar-refractivity contribution in [1.29, 1.82) is 0 Å². The van der Waals surface area contributed by atoms with Crippen LogP contribution in [-0.4, -0.2) is 0 Å². The van der Waals surface area contributed by atoms with Gasteiger partial charge in [0.05, 0.1) is 0 Å². The van der Waals surface area contributed by atoms with Gasteiger partial charge in [0.25, 0.3) is 0 Å². The summed E-state index contributed by atoms with van der Waals surface area (Å²) in [6.07, 6.45) is -0.685. The quantitative estimate of drug-likeness (QED) is 0.0970. The van der Waals surface area contributed by atoms with Crippen molar-refractivity contribution < 1.29 is 54.9 Å². The molecule has 5 rings (SSSR count). The number of hydrogen-bond donors (Lipinski definition) is 0. The van der Waals surface area contributed by atoms with Gasteiger partial charge < -0.3 is 4.74 Å². The number of alkyl halides is 2. The first-order valence-electron chi connectivity index (χ1n) is 15.0. The van der Waals surface area contributed by atoms with Crippen molar-refractivity contribution in [3.8, 4) is 39.1 Å². The van der Waals surface area contributed by atoms with Crippen LogP contribution in [0.5, 0.6) is 5.75 Å². The summed E-state index contributed by atoms with van der Waals surface area (Å²) in [4.78, 5) is -2.83. The van der Waals surface area contributed by atoms with Gasteiger partial charge in [-0.3, -0.25) is 0 Å². The molecule has 0 aromatic heterocycles. The van der Waals surface area contributed by atoms with Crippen LogP contribution in [0.1, 0.15) is 37.3 Å². The van der Waals surface area contributed by atoms with E-state index in [2.05, 4.69) is 11.7 Å². The van der Waals surface area contributed by atoms with E-state index in [-0.39, 0.29) is 23.8 Å². The monoisotopic (exact) mass is 734 g/mol. The molecule has 0 N–H and O–H groups in total. The molecule has 0 aliphatic rings. The highest BCUT2D eigenvalue weighted by molar-refractivity contribution is 8.45. The SMILES string of the molecule is CCCCCc1ccc(-c2ccc(-c3cc(F)c(C(F)(F)Oc4ccc(-c5ccc(S(F)(F)(F)(F)F)c(F)c5)c(F)c4)c(F)c3)c(F)c2)cc1. The fraction of sp³-hybridized carbons (Fsp3) is 0.167. The standard InChI is InChI=1S/C36H26F12OS/c1-2-3-4-5-21-6-8-22(9-7-21)23-10-13-28(29(37)16-23)25-18-32(40)35(33(41)19-25)36(42,43)49-26-12-14-27(30(38)20-26)24-11-15-34(31(39)17-24)50(44,45,46,47)48/h6-20H,2-5H2,1H3. The highest BCUT2D eigenvalue weighted by Crippen LogP contribution is 3.02. The lowest BCUT2D eigenvalue weighted by Gasteiger charge is -2.40. The van der Waals surface area contributed by atoms with E-state index in [9.17, 15) is 28.2 Å². The van der Waals surface area contributed by atoms with Crippen LogP contribution in [0, 0.1) is 29.1 Å². The van der Waals surface area contributed by atoms with Gasteiger partial charge in [0, 0.05) is 17.2 Å². The van der Waals surface area contributed by atoms with E-state index in [1.807, 2.05) is 24.3 Å². The summed E-state index contributed by atoms with van der Waals surface area (Å²) >= 11 is 0. The zero-order valence-corrected chi connectivity index (χ0v) is 26.7. The first-order valence-corrected chi connectivity index (χ1v) is 16.9. The van der Waals surface area contributed by atoms with Gasteiger partial charge in [-0.2, -0.15) is 8.78 Å². The fourth-order valence-electron chi connectivity index (χ4n) is 5.35. The Morgan fingerprint density at radius 2 is 1.06 bits per heavy atom. The van der Waals surface area contributed by atoms with Crippen molar-refractivity contribution >= 4 is 10.2 Å². The van der Waals surface area contributed by atoms with Crippen LogP contribution in [0.2, 0.25) is 0 Å². The third kappa shape index (κ3) is 8.06. The smallest absolute Gasteiger partial charge is 0.429 e. The summed E-state index contributed by atoms with van der Waals surface area (Å²) < 4.78 is 173. The van der Waals surface area contributed by atoms with Crippen molar-refractivity contribution in [2.75, 3.05) is 0 Å². The molecule has 0 saturated carbocycles. The predicted octanol–water partition coefficient (Wildman–Crippen LogP) is 13.9. The molecule has 0 heterocycles. The van der Waals surface area contributed by atoms with Crippen molar-refractivity contribution in [3.63, 3.8) is 0 Å². The third-order valence-corrected chi connectivity index (χ3v) is 8.98.